The van der Waals surface area contributed by atoms with Gasteiger partial charge >= 0.3 is 0 Å². The Morgan fingerprint density at radius 2 is 2.04 bits per heavy atom. The van der Waals surface area contributed by atoms with Crippen LogP contribution < -0.4 is 0 Å². The summed E-state index contributed by atoms with van der Waals surface area (Å²) in [7, 11) is 0. The van der Waals surface area contributed by atoms with Gasteiger partial charge in [-0.05, 0) is 39.2 Å². The lowest BCUT2D eigenvalue weighted by atomic mass is 10.0. The number of fused-ring (bicyclic) bond motifs is 1. The lowest BCUT2D eigenvalue weighted by Crippen LogP contribution is -2.39. The van der Waals surface area contributed by atoms with Gasteiger partial charge in [-0.25, -0.2) is 9.50 Å². The van der Waals surface area contributed by atoms with Crippen molar-refractivity contribution in [3.8, 4) is 0 Å². The molecule has 0 radical (unpaired) electrons. The van der Waals surface area contributed by atoms with E-state index in [1.54, 1.807) is 10.6 Å². The van der Waals surface area contributed by atoms with E-state index in [1.807, 2.05) is 38.7 Å². The van der Waals surface area contributed by atoms with E-state index in [4.69, 9.17) is 4.52 Å². The Hall–Kier alpha value is -2.77. The predicted octanol–water partition coefficient (Wildman–Crippen LogP) is 3.22. The van der Waals surface area contributed by atoms with Gasteiger partial charge in [0.2, 0.25) is 5.89 Å². The maximum atomic E-state index is 13.2. The molecule has 142 valence electrons. The quantitative estimate of drug-likeness (QED) is 0.705. The van der Waals surface area contributed by atoms with Crippen LogP contribution in [0.5, 0.6) is 0 Å². The first-order valence-electron chi connectivity index (χ1n) is 9.42. The molecule has 27 heavy (non-hydrogen) atoms. The van der Waals surface area contributed by atoms with Gasteiger partial charge in [0.1, 0.15) is 6.04 Å². The number of nitrogens with zero attached hydrogens (tertiary/aromatic N) is 6. The molecule has 4 rings (SSSR count). The molecule has 0 spiro atoms. The van der Waals surface area contributed by atoms with Crippen LogP contribution in [-0.4, -0.2) is 42.1 Å². The standard InChI is InChI=1S/C19H24N6O2/c1-11(2)17-21-18(27-23-17)15-7-5-6-8-24(15)19(26)14-10-16-20-12(3)9-13(4)25(16)22-14/h9-11,15H,5-8H2,1-4H3. The second kappa shape index (κ2) is 6.75. The van der Waals surface area contributed by atoms with Gasteiger partial charge in [-0.15, -0.1) is 0 Å². The van der Waals surface area contributed by atoms with Crippen LogP contribution in [0.1, 0.15) is 78.7 Å². The van der Waals surface area contributed by atoms with Crippen LogP contribution in [0.4, 0.5) is 0 Å². The van der Waals surface area contributed by atoms with E-state index >= 15 is 0 Å². The van der Waals surface area contributed by atoms with E-state index in [1.165, 1.54) is 0 Å². The number of hydrogen-bond acceptors (Lipinski definition) is 6. The summed E-state index contributed by atoms with van der Waals surface area (Å²) in [5, 5.41) is 8.55. The molecule has 1 amide bonds. The summed E-state index contributed by atoms with van der Waals surface area (Å²) < 4.78 is 7.19. The molecule has 3 aromatic heterocycles. The Morgan fingerprint density at radius 1 is 1.22 bits per heavy atom. The number of carbonyl (C=O) groups excluding carboxylic acids is 1. The van der Waals surface area contributed by atoms with Gasteiger partial charge in [0.25, 0.3) is 5.91 Å². The number of aromatic nitrogens is 5. The van der Waals surface area contributed by atoms with Crippen LogP contribution in [-0.2, 0) is 0 Å². The van der Waals surface area contributed by atoms with Crippen molar-refractivity contribution in [1.82, 2.24) is 29.6 Å². The Bertz CT molecular complexity index is 989. The molecule has 0 bridgehead atoms. The summed E-state index contributed by atoms with van der Waals surface area (Å²) in [6.45, 7) is 8.59. The summed E-state index contributed by atoms with van der Waals surface area (Å²) in [4.78, 5) is 24.0. The molecule has 8 nitrogen and oxygen atoms in total. The fourth-order valence-electron chi connectivity index (χ4n) is 3.59. The van der Waals surface area contributed by atoms with Crippen LogP contribution in [0, 0.1) is 13.8 Å². The van der Waals surface area contributed by atoms with Crippen molar-refractivity contribution in [1.29, 1.82) is 0 Å². The number of amides is 1. The zero-order valence-corrected chi connectivity index (χ0v) is 16.1. The molecule has 3 aromatic rings. The highest BCUT2D eigenvalue weighted by atomic mass is 16.5. The molecule has 1 aliphatic heterocycles. The largest absolute Gasteiger partial charge is 0.337 e. The second-order valence-corrected chi connectivity index (χ2v) is 7.49. The van der Waals surface area contributed by atoms with Crippen molar-refractivity contribution in [2.75, 3.05) is 6.54 Å². The molecule has 1 saturated heterocycles. The normalized spacial score (nSPS) is 17.8. The first kappa shape index (κ1) is 17.6. The Morgan fingerprint density at radius 3 is 2.78 bits per heavy atom. The fraction of sp³-hybridized carbons (Fsp3) is 0.526. The molecule has 1 unspecified atom stereocenters. The Kier molecular flexibility index (Phi) is 4.41. The summed E-state index contributed by atoms with van der Waals surface area (Å²) >= 11 is 0. The highest BCUT2D eigenvalue weighted by molar-refractivity contribution is 5.93. The van der Waals surface area contributed by atoms with Crippen LogP contribution in [0.15, 0.2) is 16.7 Å². The molecule has 0 N–H and O–H groups in total. The molecule has 8 heteroatoms. The number of rotatable bonds is 3. The molecule has 0 saturated carbocycles. The smallest absolute Gasteiger partial charge is 0.275 e. The van der Waals surface area contributed by atoms with Crippen molar-refractivity contribution in [2.24, 2.45) is 0 Å². The summed E-state index contributed by atoms with van der Waals surface area (Å²) in [5.74, 6) is 1.25. The van der Waals surface area contributed by atoms with E-state index < -0.39 is 0 Å². The summed E-state index contributed by atoms with van der Waals surface area (Å²) in [5.41, 5.74) is 2.93. The number of hydrogen-bond donors (Lipinski definition) is 0. The van der Waals surface area contributed by atoms with E-state index in [9.17, 15) is 4.79 Å². The predicted molar refractivity (Wildman–Crippen MR) is 98.5 cm³/mol. The number of piperidine rings is 1. The van der Waals surface area contributed by atoms with Gasteiger partial charge in [-0.3, -0.25) is 4.79 Å². The molecule has 1 atom stereocenters. The third-order valence-electron chi connectivity index (χ3n) is 4.98. The first-order valence-corrected chi connectivity index (χ1v) is 9.42. The van der Waals surface area contributed by atoms with Crippen LogP contribution in [0.3, 0.4) is 0 Å². The van der Waals surface area contributed by atoms with E-state index in [2.05, 4.69) is 20.2 Å². The van der Waals surface area contributed by atoms with Crippen molar-refractivity contribution in [3.05, 3.63) is 40.9 Å². The Balaban J connectivity index is 1.67. The Labute approximate surface area is 157 Å². The van der Waals surface area contributed by atoms with Crippen LogP contribution in [0.2, 0.25) is 0 Å². The van der Waals surface area contributed by atoms with Gasteiger partial charge in [0.05, 0.1) is 0 Å². The van der Waals surface area contributed by atoms with Gasteiger partial charge in [0, 0.05) is 29.9 Å². The minimum atomic E-state index is -0.202. The van der Waals surface area contributed by atoms with Crippen LogP contribution in [0.25, 0.3) is 5.65 Å². The maximum Gasteiger partial charge on any atom is 0.275 e. The van der Waals surface area contributed by atoms with Gasteiger partial charge < -0.3 is 9.42 Å². The monoisotopic (exact) mass is 368 g/mol. The molecule has 0 aliphatic carbocycles. The third-order valence-corrected chi connectivity index (χ3v) is 4.98. The van der Waals surface area contributed by atoms with Crippen molar-refractivity contribution >= 4 is 11.6 Å². The highest BCUT2D eigenvalue weighted by Gasteiger charge is 2.34. The minimum Gasteiger partial charge on any atom is -0.337 e. The van der Waals surface area contributed by atoms with Gasteiger partial charge in [-0.1, -0.05) is 19.0 Å². The molecule has 1 fully saturated rings. The topological polar surface area (TPSA) is 89.4 Å². The molecular formula is C19H24N6O2. The average Bonchev–Trinajstić information content (AvgIpc) is 3.28. The van der Waals surface area contributed by atoms with Gasteiger partial charge in [0.15, 0.2) is 17.2 Å². The summed E-state index contributed by atoms with van der Waals surface area (Å²) in [6.07, 6.45) is 2.80. The first-order chi connectivity index (χ1) is 12.9. The maximum absolute atomic E-state index is 13.2. The number of carbonyl (C=O) groups is 1. The third kappa shape index (κ3) is 3.20. The molecule has 4 heterocycles. The van der Waals surface area contributed by atoms with Crippen LogP contribution >= 0.6 is 0 Å². The van der Waals surface area contributed by atoms with Crippen molar-refractivity contribution in [2.45, 2.75) is 58.9 Å². The lowest BCUT2D eigenvalue weighted by molar-refractivity contribution is 0.0555. The molecule has 1 aliphatic rings. The van der Waals surface area contributed by atoms with E-state index in [0.717, 1.165) is 30.7 Å². The number of likely N-dealkylation sites (tertiary alicyclic amines) is 1. The molecule has 0 aromatic carbocycles. The second-order valence-electron chi connectivity index (χ2n) is 7.49. The zero-order valence-electron chi connectivity index (χ0n) is 16.1. The average molecular weight is 368 g/mol. The van der Waals surface area contributed by atoms with Crippen molar-refractivity contribution < 1.29 is 9.32 Å². The summed E-state index contributed by atoms with van der Waals surface area (Å²) in [6, 6.07) is 3.50. The molecular weight excluding hydrogens is 344 g/mol. The zero-order chi connectivity index (χ0) is 19.1. The van der Waals surface area contributed by atoms with Crippen molar-refractivity contribution in [3.63, 3.8) is 0 Å². The highest BCUT2D eigenvalue weighted by Crippen LogP contribution is 2.31. The number of aryl methyl sites for hydroxylation is 2. The van der Waals surface area contributed by atoms with E-state index in [-0.39, 0.29) is 17.9 Å². The SMILES string of the molecule is Cc1cc(C)n2nc(C(=O)N3CCCCC3c3nc(C(C)C)no3)cc2n1. The van der Waals surface area contributed by atoms with Gasteiger partial charge in [-0.2, -0.15) is 10.1 Å². The van der Waals surface area contributed by atoms with E-state index in [0.29, 0.717) is 29.6 Å². The minimum absolute atomic E-state index is 0.119. The fourth-order valence-corrected chi connectivity index (χ4v) is 3.59. The lowest BCUT2D eigenvalue weighted by Gasteiger charge is -2.32.